The Hall–Kier alpha value is -2.63. The molecule has 0 spiro atoms. The van der Waals surface area contributed by atoms with Gasteiger partial charge in [0.05, 0.1) is 23.9 Å². The summed E-state index contributed by atoms with van der Waals surface area (Å²) in [4.78, 5) is 19.7. The van der Waals surface area contributed by atoms with Crippen LogP contribution in [0.5, 0.6) is 5.75 Å². The number of rotatable bonds is 9. The second kappa shape index (κ2) is 11.4. The number of ketones is 1. The fourth-order valence-corrected chi connectivity index (χ4v) is 5.41. The fourth-order valence-electron chi connectivity index (χ4n) is 5.18. The molecule has 0 bridgehead atoms. The number of ether oxygens (including phenoxy) is 1. The van der Waals surface area contributed by atoms with Crippen LogP contribution >= 0.6 is 11.6 Å². The van der Waals surface area contributed by atoms with E-state index < -0.39 is 0 Å². The lowest BCUT2D eigenvalue weighted by Gasteiger charge is -2.33. The van der Waals surface area contributed by atoms with Crippen LogP contribution in [0.15, 0.2) is 42.6 Å². The minimum absolute atomic E-state index is 0.0203. The molecule has 186 valence electrons. The van der Waals surface area contributed by atoms with Gasteiger partial charge in [-0.2, -0.15) is 0 Å². The summed E-state index contributed by atoms with van der Waals surface area (Å²) in [6.07, 6.45) is 6.35. The van der Waals surface area contributed by atoms with Crippen molar-refractivity contribution >= 4 is 34.0 Å². The van der Waals surface area contributed by atoms with Crippen molar-refractivity contribution in [3.63, 3.8) is 0 Å². The van der Waals surface area contributed by atoms with Gasteiger partial charge in [-0.3, -0.25) is 9.78 Å². The number of nitrogens with one attached hydrogen (secondary N) is 1. The number of hydrogen-bond acceptors (Lipinski definition) is 5. The molecule has 1 N–H and O–H groups in total. The lowest BCUT2D eigenvalue weighted by molar-refractivity contribution is 0.101. The Morgan fingerprint density at radius 3 is 2.49 bits per heavy atom. The summed E-state index contributed by atoms with van der Waals surface area (Å²) < 4.78 is 5.41. The van der Waals surface area contributed by atoms with Gasteiger partial charge in [-0.25, -0.2) is 0 Å². The number of halogens is 1. The van der Waals surface area contributed by atoms with E-state index in [1.165, 1.54) is 19.4 Å². The van der Waals surface area contributed by atoms with Crippen LogP contribution in [0.4, 0.5) is 5.69 Å². The molecule has 6 heteroatoms. The van der Waals surface area contributed by atoms with Crippen molar-refractivity contribution in [3.8, 4) is 16.9 Å². The zero-order valence-electron chi connectivity index (χ0n) is 21.2. The molecule has 1 heterocycles. The molecule has 0 saturated heterocycles. The largest absolute Gasteiger partial charge is 0.497 e. The van der Waals surface area contributed by atoms with Crippen LogP contribution in [0.1, 0.15) is 56.8 Å². The van der Waals surface area contributed by atoms with Gasteiger partial charge < -0.3 is 15.0 Å². The van der Waals surface area contributed by atoms with Gasteiger partial charge in [0.25, 0.3) is 0 Å². The number of aromatic nitrogens is 1. The standard InChI is InChI=1S/C29H36ClN3O2/c1-5-33(6-2)18-20-7-10-24(11-8-20)32-29-26-15-21(22-13-23(30)16-25(14-22)35-4)9-12-28(26)31-17-27(29)19(3)34/h9,12-17,20,24H,5-8,10-11,18H2,1-4H3,(H,31,32). The van der Waals surface area contributed by atoms with Gasteiger partial charge in [-0.1, -0.05) is 31.5 Å². The van der Waals surface area contributed by atoms with Crippen LogP contribution < -0.4 is 10.1 Å². The second-order valence-electron chi connectivity index (χ2n) is 9.56. The Morgan fingerprint density at radius 1 is 1.09 bits per heavy atom. The number of Topliss-reactive ketones (excluding diaryl/α,β-unsaturated/α-hetero) is 1. The first-order valence-corrected chi connectivity index (χ1v) is 13.1. The first kappa shape index (κ1) is 25.5. The maximum Gasteiger partial charge on any atom is 0.163 e. The molecular formula is C29H36ClN3O2. The molecule has 4 rings (SSSR count). The smallest absolute Gasteiger partial charge is 0.163 e. The number of pyridine rings is 1. The van der Waals surface area contributed by atoms with Crippen LogP contribution in [0.3, 0.4) is 0 Å². The predicted octanol–water partition coefficient (Wildman–Crippen LogP) is 7.08. The average molecular weight is 494 g/mol. The lowest BCUT2D eigenvalue weighted by atomic mass is 9.85. The third-order valence-electron chi connectivity index (χ3n) is 7.29. The summed E-state index contributed by atoms with van der Waals surface area (Å²) in [6, 6.07) is 12.2. The molecular weight excluding hydrogens is 458 g/mol. The molecule has 0 aliphatic heterocycles. The SMILES string of the molecule is CCN(CC)CC1CCC(Nc2c(C(C)=O)cnc3ccc(-c4cc(Cl)cc(OC)c4)cc23)CC1. The van der Waals surface area contributed by atoms with Crippen LogP contribution in [0.25, 0.3) is 22.0 Å². The summed E-state index contributed by atoms with van der Waals surface area (Å²) in [5, 5.41) is 5.34. The maximum atomic E-state index is 12.6. The zero-order chi connectivity index (χ0) is 24.9. The molecule has 2 aromatic carbocycles. The van der Waals surface area contributed by atoms with Crippen molar-refractivity contribution in [1.29, 1.82) is 0 Å². The Morgan fingerprint density at radius 2 is 1.83 bits per heavy atom. The normalized spacial score (nSPS) is 18.1. The van der Waals surface area contributed by atoms with Gasteiger partial charge in [0.15, 0.2) is 5.78 Å². The van der Waals surface area contributed by atoms with Crippen molar-refractivity contribution in [1.82, 2.24) is 9.88 Å². The molecule has 3 aromatic rings. The molecule has 1 saturated carbocycles. The molecule has 1 aliphatic rings. The summed E-state index contributed by atoms with van der Waals surface area (Å²) in [7, 11) is 1.64. The highest BCUT2D eigenvalue weighted by Crippen LogP contribution is 2.35. The van der Waals surface area contributed by atoms with E-state index in [1.807, 2.05) is 24.3 Å². The van der Waals surface area contributed by atoms with Crippen LogP contribution in [0, 0.1) is 5.92 Å². The minimum Gasteiger partial charge on any atom is -0.497 e. The molecule has 5 nitrogen and oxygen atoms in total. The predicted molar refractivity (Wildman–Crippen MR) is 146 cm³/mol. The van der Waals surface area contributed by atoms with Crippen LogP contribution in [-0.2, 0) is 0 Å². The third kappa shape index (κ3) is 5.96. The summed E-state index contributed by atoms with van der Waals surface area (Å²) in [5.74, 6) is 1.48. The van der Waals surface area contributed by atoms with Crippen LogP contribution in [0.2, 0.25) is 5.02 Å². The van der Waals surface area contributed by atoms with E-state index in [4.69, 9.17) is 16.3 Å². The van der Waals surface area contributed by atoms with Crippen LogP contribution in [-0.4, -0.2) is 48.5 Å². The number of nitrogens with zero attached hydrogens (tertiary/aromatic N) is 2. The van der Waals surface area contributed by atoms with Crippen molar-refractivity contribution in [2.24, 2.45) is 5.92 Å². The number of methoxy groups -OCH3 is 1. The van der Waals surface area contributed by atoms with E-state index in [1.54, 1.807) is 26.3 Å². The topological polar surface area (TPSA) is 54.5 Å². The molecule has 0 radical (unpaired) electrons. The number of carbonyl (C=O) groups is 1. The molecule has 0 unspecified atom stereocenters. The quantitative estimate of drug-likeness (QED) is 0.323. The Bertz CT molecular complexity index is 1180. The van der Waals surface area contributed by atoms with Gasteiger partial charge in [0.1, 0.15) is 5.75 Å². The first-order valence-electron chi connectivity index (χ1n) is 12.7. The third-order valence-corrected chi connectivity index (χ3v) is 7.51. The monoisotopic (exact) mass is 493 g/mol. The van der Waals surface area contributed by atoms with Crippen molar-refractivity contribution in [3.05, 3.63) is 53.2 Å². The molecule has 0 amide bonds. The van der Waals surface area contributed by atoms with Gasteiger partial charge in [-0.05, 0) is 93.1 Å². The maximum absolute atomic E-state index is 12.6. The summed E-state index contributed by atoms with van der Waals surface area (Å²) in [5.41, 5.74) is 4.37. The van der Waals surface area contributed by atoms with E-state index >= 15 is 0 Å². The lowest BCUT2D eigenvalue weighted by Crippen LogP contribution is -2.34. The summed E-state index contributed by atoms with van der Waals surface area (Å²) >= 11 is 6.33. The molecule has 35 heavy (non-hydrogen) atoms. The highest BCUT2D eigenvalue weighted by atomic mass is 35.5. The van der Waals surface area contributed by atoms with Crippen molar-refractivity contribution in [2.45, 2.75) is 52.5 Å². The van der Waals surface area contributed by atoms with Crippen molar-refractivity contribution in [2.75, 3.05) is 32.1 Å². The summed E-state index contributed by atoms with van der Waals surface area (Å²) in [6.45, 7) is 9.50. The van der Waals surface area contributed by atoms with Gasteiger partial charge in [-0.15, -0.1) is 0 Å². The van der Waals surface area contributed by atoms with E-state index in [9.17, 15) is 4.79 Å². The van der Waals surface area contributed by atoms with E-state index in [-0.39, 0.29) is 5.78 Å². The second-order valence-corrected chi connectivity index (χ2v) is 10.00. The van der Waals surface area contributed by atoms with E-state index in [2.05, 4.69) is 35.1 Å². The fraction of sp³-hybridized carbons (Fsp3) is 0.448. The van der Waals surface area contributed by atoms with Gasteiger partial charge in [0.2, 0.25) is 0 Å². The van der Waals surface area contributed by atoms with Crippen molar-refractivity contribution < 1.29 is 9.53 Å². The number of carbonyl (C=O) groups excluding carboxylic acids is 1. The first-order chi connectivity index (χ1) is 16.9. The Labute approximate surface area is 213 Å². The highest BCUT2D eigenvalue weighted by molar-refractivity contribution is 6.31. The average Bonchev–Trinajstić information content (AvgIpc) is 2.87. The molecule has 0 atom stereocenters. The Kier molecular flexibility index (Phi) is 8.30. The van der Waals surface area contributed by atoms with E-state index in [0.717, 1.165) is 59.6 Å². The number of anilines is 1. The highest BCUT2D eigenvalue weighted by Gasteiger charge is 2.24. The zero-order valence-corrected chi connectivity index (χ0v) is 22.0. The molecule has 1 aromatic heterocycles. The van der Waals surface area contributed by atoms with E-state index in [0.29, 0.717) is 22.4 Å². The minimum atomic E-state index is 0.0203. The molecule has 1 aliphatic carbocycles. The van der Waals surface area contributed by atoms with Gasteiger partial charge in [0, 0.05) is 29.2 Å². The molecule has 1 fully saturated rings. The number of fused-ring (bicyclic) bond motifs is 1. The van der Waals surface area contributed by atoms with Gasteiger partial charge >= 0.3 is 0 Å². The number of benzene rings is 2. The number of hydrogen-bond donors (Lipinski definition) is 1. The Balaban J connectivity index is 1.64.